The van der Waals surface area contributed by atoms with E-state index >= 15 is 0 Å². The summed E-state index contributed by atoms with van der Waals surface area (Å²) >= 11 is 0. The van der Waals surface area contributed by atoms with E-state index in [1.54, 1.807) is 0 Å². The van der Waals surface area contributed by atoms with Crippen LogP contribution in [0.25, 0.3) is 11.1 Å². The molecule has 0 heterocycles. The summed E-state index contributed by atoms with van der Waals surface area (Å²) in [6.45, 7) is 0. The lowest BCUT2D eigenvalue weighted by atomic mass is 9.95. The van der Waals surface area contributed by atoms with Crippen LogP contribution in [0.2, 0.25) is 0 Å². The summed E-state index contributed by atoms with van der Waals surface area (Å²) in [6, 6.07) is 18.6. The van der Waals surface area contributed by atoms with Gasteiger partial charge in [-0.05, 0) is 54.4 Å². The van der Waals surface area contributed by atoms with Crippen molar-refractivity contribution >= 4 is 5.91 Å². The Morgan fingerprint density at radius 1 is 0.864 bits per heavy atom. The topological polar surface area (TPSA) is 29.1 Å². The first-order chi connectivity index (χ1) is 10.8. The third-order valence-electron chi connectivity index (χ3n) is 5.31. The summed E-state index contributed by atoms with van der Waals surface area (Å²) < 4.78 is 0. The number of carbonyl (C=O) groups is 1. The van der Waals surface area contributed by atoms with Gasteiger partial charge in [0.2, 0.25) is 0 Å². The lowest BCUT2D eigenvalue weighted by Gasteiger charge is -2.22. The zero-order chi connectivity index (χ0) is 14.9. The fourth-order valence-electron chi connectivity index (χ4n) is 4.12. The maximum atomic E-state index is 12.4. The van der Waals surface area contributed by atoms with E-state index in [1.165, 1.54) is 31.2 Å². The summed E-state index contributed by atoms with van der Waals surface area (Å²) in [5.41, 5.74) is 3.10. The van der Waals surface area contributed by atoms with E-state index in [0.717, 1.165) is 23.0 Å². The quantitative estimate of drug-likeness (QED) is 0.899. The van der Waals surface area contributed by atoms with Crippen molar-refractivity contribution in [2.45, 2.75) is 31.7 Å². The molecule has 0 radical (unpaired) electrons. The van der Waals surface area contributed by atoms with Crippen LogP contribution in [0.5, 0.6) is 0 Å². The number of rotatable bonds is 3. The molecule has 2 aliphatic carbocycles. The average molecular weight is 291 g/mol. The third-order valence-corrected chi connectivity index (χ3v) is 5.31. The van der Waals surface area contributed by atoms with E-state index in [4.69, 9.17) is 0 Å². The molecule has 1 amide bonds. The molecule has 2 saturated carbocycles. The molecular weight excluding hydrogens is 270 g/mol. The fourth-order valence-corrected chi connectivity index (χ4v) is 4.12. The summed E-state index contributed by atoms with van der Waals surface area (Å²) in [5.74, 6) is 1.66. The van der Waals surface area contributed by atoms with Gasteiger partial charge < -0.3 is 5.32 Å². The van der Waals surface area contributed by atoms with Crippen LogP contribution in [0.3, 0.4) is 0 Å². The second-order valence-electron chi connectivity index (χ2n) is 6.70. The van der Waals surface area contributed by atoms with E-state index < -0.39 is 0 Å². The second kappa shape index (κ2) is 5.60. The highest BCUT2D eigenvalue weighted by Gasteiger charge is 2.40. The van der Waals surface area contributed by atoms with Crippen molar-refractivity contribution in [1.29, 1.82) is 0 Å². The van der Waals surface area contributed by atoms with Crippen LogP contribution in [0, 0.1) is 11.8 Å². The van der Waals surface area contributed by atoms with Crippen LogP contribution >= 0.6 is 0 Å². The molecule has 4 rings (SSSR count). The van der Waals surface area contributed by atoms with Crippen molar-refractivity contribution in [3.63, 3.8) is 0 Å². The minimum absolute atomic E-state index is 0.0807. The molecule has 0 saturated heterocycles. The van der Waals surface area contributed by atoms with E-state index in [0.29, 0.717) is 6.04 Å². The first kappa shape index (κ1) is 13.6. The number of nitrogens with one attached hydrogen (secondary N) is 1. The smallest absolute Gasteiger partial charge is 0.251 e. The van der Waals surface area contributed by atoms with Crippen molar-refractivity contribution in [2.24, 2.45) is 11.8 Å². The first-order valence-electron chi connectivity index (χ1n) is 8.26. The second-order valence-corrected chi connectivity index (χ2v) is 6.70. The Balaban J connectivity index is 1.45. The number of amides is 1. The van der Waals surface area contributed by atoms with Gasteiger partial charge in [0.1, 0.15) is 0 Å². The number of hydrogen-bond acceptors (Lipinski definition) is 1. The molecule has 2 aromatic carbocycles. The normalized spacial score (nSPS) is 26.1. The maximum Gasteiger partial charge on any atom is 0.251 e. The molecule has 3 atom stereocenters. The Labute approximate surface area is 131 Å². The average Bonchev–Trinajstić information content (AvgIpc) is 3.19. The highest BCUT2D eigenvalue weighted by Crippen LogP contribution is 2.44. The van der Waals surface area contributed by atoms with Gasteiger partial charge >= 0.3 is 0 Å². The van der Waals surface area contributed by atoms with Crippen LogP contribution in [-0.2, 0) is 0 Å². The lowest BCUT2D eigenvalue weighted by Crippen LogP contribution is -2.38. The van der Waals surface area contributed by atoms with E-state index in [1.807, 2.05) is 42.5 Å². The predicted octanol–water partition coefficient (Wildman–Crippen LogP) is 4.27. The largest absolute Gasteiger partial charge is 0.349 e. The van der Waals surface area contributed by atoms with Crippen LogP contribution in [0.1, 0.15) is 36.0 Å². The van der Waals surface area contributed by atoms with Gasteiger partial charge in [-0.3, -0.25) is 4.79 Å². The predicted molar refractivity (Wildman–Crippen MR) is 88.6 cm³/mol. The minimum Gasteiger partial charge on any atom is -0.349 e. The van der Waals surface area contributed by atoms with Crippen LogP contribution < -0.4 is 5.32 Å². The molecule has 22 heavy (non-hydrogen) atoms. The zero-order valence-electron chi connectivity index (χ0n) is 12.7. The molecule has 2 aromatic rings. The van der Waals surface area contributed by atoms with Gasteiger partial charge in [0.15, 0.2) is 0 Å². The van der Waals surface area contributed by atoms with E-state index in [9.17, 15) is 4.79 Å². The third kappa shape index (κ3) is 2.54. The number of carbonyl (C=O) groups excluding carboxylic acids is 1. The summed E-state index contributed by atoms with van der Waals surface area (Å²) in [7, 11) is 0. The molecule has 2 fully saturated rings. The van der Waals surface area contributed by atoms with Gasteiger partial charge in [-0.1, -0.05) is 48.9 Å². The van der Waals surface area contributed by atoms with Crippen molar-refractivity contribution in [1.82, 2.24) is 5.32 Å². The highest BCUT2D eigenvalue weighted by molar-refractivity contribution is 5.94. The summed E-state index contributed by atoms with van der Waals surface area (Å²) in [4.78, 5) is 12.4. The van der Waals surface area contributed by atoms with Gasteiger partial charge in [-0.2, -0.15) is 0 Å². The van der Waals surface area contributed by atoms with Gasteiger partial charge in [-0.15, -0.1) is 0 Å². The first-order valence-corrected chi connectivity index (χ1v) is 8.26. The molecule has 0 unspecified atom stereocenters. The monoisotopic (exact) mass is 291 g/mol. The molecule has 2 bridgehead atoms. The summed E-state index contributed by atoms with van der Waals surface area (Å²) in [6.07, 6.45) is 5.15. The molecule has 0 spiro atoms. The lowest BCUT2D eigenvalue weighted by molar-refractivity contribution is 0.0923. The SMILES string of the molecule is O=C(N[C@H]1C[C@H]2CC[C@H]1C2)c1ccc(-c2ccccc2)cc1. The Hall–Kier alpha value is -2.09. The van der Waals surface area contributed by atoms with Crippen molar-refractivity contribution < 1.29 is 4.79 Å². The Morgan fingerprint density at radius 3 is 2.23 bits per heavy atom. The van der Waals surface area contributed by atoms with Crippen LogP contribution in [0.15, 0.2) is 54.6 Å². The number of benzene rings is 2. The van der Waals surface area contributed by atoms with Gasteiger partial charge in [0.25, 0.3) is 5.91 Å². The van der Waals surface area contributed by atoms with Crippen LogP contribution in [-0.4, -0.2) is 11.9 Å². The Morgan fingerprint density at radius 2 is 1.59 bits per heavy atom. The molecule has 2 nitrogen and oxygen atoms in total. The van der Waals surface area contributed by atoms with Gasteiger partial charge in [0, 0.05) is 11.6 Å². The molecule has 112 valence electrons. The minimum atomic E-state index is 0.0807. The fraction of sp³-hybridized carbons (Fsp3) is 0.350. The van der Waals surface area contributed by atoms with Crippen LogP contribution in [0.4, 0.5) is 0 Å². The summed E-state index contributed by atoms with van der Waals surface area (Å²) in [5, 5.41) is 3.25. The van der Waals surface area contributed by atoms with Crippen molar-refractivity contribution in [2.75, 3.05) is 0 Å². The maximum absolute atomic E-state index is 12.4. The zero-order valence-corrected chi connectivity index (χ0v) is 12.7. The molecule has 0 aromatic heterocycles. The van der Waals surface area contributed by atoms with Crippen molar-refractivity contribution in [3.05, 3.63) is 60.2 Å². The Bertz CT molecular complexity index is 662. The number of fused-ring (bicyclic) bond motifs is 2. The van der Waals surface area contributed by atoms with E-state index in [2.05, 4.69) is 17.4 Å². The molecule has 1 N–H and O–H groups in total. The number of hydrogen-bond donors (Lipinski definition) is 1. The molecule has 2 heteroatoms. The molecular formula is C20H21NO. The van der Waals surface area contributed by atoms with E-state index in [-0.39, 0.29) is 5.91 Å². The van der Waals surface area contributed by atoms with Crippen molar-refractivity contribution in [3.8, 4) is 11.1 Å². The van der Waals surface area contributed by atoms with Gasteiger partial charge in [0.05, 0.1) is 0 Å². The molecule has 2 aliphatic rings. The molecule has 0 aliphatic heterocycles. The highest BCUT2D eigenvalue weighted by atomic mass is 16.1. The standard InChI is InChI=1S/C20H21NO/c22-20(21-19-13-14-6-7-18(19)12-14)17-10-8-16(9-11-17)15-4-2-1-3-5-15/h1-5,8-11,14,18-19H,6-7,12-13H2,(H,21,22)/t14-,18-,19-/m0/s1. The van der Waals surface area contributed by atoms with Gasteiger partial charge in [-0.25, -0.2) is 0 Å². The Kier molecular flexibility index (Phi) is 3.45.